The van der Waals surface area contributed by atoms with Crippen molar-refractivity contribution in [2.24, 2.45) is 10.2 Å². The van der Waals surface area contributed by atoms with E-state index in [1.165, 1.54) is 0 Å². The molecule has 0 unspecified atom stereocenters. The zero-order chi connectivity index (χ0) is 16.6. The number of aromatic nitrogens is 1. The quantitative estimate of drug-likeness (QED) is 0.667. The summed E-state index contributed by atoms with van der Waals surface area (Å²) >= 11 is -0.840. The summed E-state index contributed by atoms with van der Waals surface area (Å²) in [5.74, 6) is 0.649. The first-order valence-corrected chi connectivity index (χ1v) is 8.02. The van der Waals surface area contributed by atoms with Crippen LogP contribution < -0.4 is 11.5 Å². The summed E-state index contributed by atoms with van der Waals surface area (Å²) in [6.07, 6.45) is 0. The molecule has 9 nitrogen and oxygen atoms in total. The Kier molecular flexibility index (Phi) is 9.28. The second kappa shape index (κ2) is 10.1. The van der Waals surface area contributed by atoms with Gasteiger partial charge in [-0.25, -0.2) is 4.98 Å². The fourth-order valence-electron chi connectivity index (χ4n) is 1.17. The van der Waals surface area contributed by atoms with E-state index >= 15 is 0 Å². The number of hydrogen-bond acceptors (Lipinski definition) is 8. The van der Waals surface area contributed by atoms with Gasteiger partial charge in [0.15, 0.2) is 5.82 Å². The van der Waals surface area contributed by atoms with Crippen molar-refractivity contribution in [3.8, 4) is 0 Å². The standard InChI is InChI=1S/C11H11N5.ClO.ClH.Cr.H2O.2O/c12-10-7-6-9(11(13)14-10)16-15-8-4-2-1-3-5-8;1-2;;;;;/h1-7H,(H4,12,13,14);;1H;;1H2;;/q;-1;;+2;;;/p-1/b16-15+;;;;;;. The van der Waals surface area contributed by atoms with Gasteiger partial charge in [-0.1, -0.05) is 18.2 Å². The molecule has 12 heteroatoms. The van der Waals surface area contributed by atoms with E-state index in [4.69, 9.17) is 15.6 Å². The number of pyridine rings is 1. The van der Waals surface area contributed by atoms with Crippen LogP contribution in [0.2, 0.25) is 0 Å². The molecule has 1 aromatic heterocycles. The predicted molar refractivity (Wildman–Crippen MR) is 81.5 cm³/mol. The fourth-order valence-corrected chi connectivity index (χ4v) is 1.17. The Bertz CT molecular complexity index is 743. The van der Waals surface area contributed by atoms with E-state index in [1.54, 1.807) is 12.1 Å². The maximum absolute atomic E-state index is 9.27. The summed E-state index contributed by atoms with van der Waals surface area (Å²) in [6, 6.07) is 12.7. The van der Waals surface area contributed by atoms with Crippen molar-refractivity contribution < 1.29 is 28.7 Å². The van der Waals surface area contributed by atoms with Crippen LogP contribution >= 0.6 is 24.3 Å². The Morgan fingerprint density at radius 1 is 1.09 bits per heavy atom. The van der Waals surface area contributed by atoms with Gasteiger partial charge in [0.05, 0.1) is 5.69 Å². The third-order valence-electron chi connectivity index (χ3n) is 2.03. The first kappa shape index (κ1) is 21.2. The van der Waals surface area contributed by atoms with Crippen LogP contribution in [0.25, 0.3) is 0 Å². The summed E-state index contributed by atoms with van der Waals surface area (Å²) in [5, 5.41) is 8.03. The molecule has 2 rings (SSSR count). The molecular weight excluding hydrogens is 389 g/mol. The summed E-state index contributed by atoms with van der Waals surface area (Å²) < 4.78 is 29.1. The average Bonchev–Trinajstić information content (AvgIpc) is 2.47. The van der Waals surface area contributed by atoms with E-state index in [9.17, 15) is 7.61 Å². The number of nitrogens with two attached hydrogens (primary N) is 2. The Labute approximate surface area is 145 Å². The number of benzene rings is 1. The van der Waals surface area contributed by atoms with Crippen molar-refractivity contribution in [1.82, 2.24) is 4.98 Å². The Morgan fingerprint density at radius 2 is 1.65 bits per heavy atom. The maximum atomic E-state index is 9.27. The van der Waals surface area contributed by atoms with Gasteiger partial charge >= 0.3 is 40.6 Å². The average molecular weight is 402 g/mol. The van der Waals surface area contributed by atoms with Crippen LogP contribution in [0.1, 0.15) is 0 Å². The van der Waals surface area contributed by atoms with Crippen molar-refractivity contribution in [1.29, 1.82) is 0 Å². The Balaban J connectivity index is 0.000000599. The molecule has 0 aliphatic heterocycles. The molecule has 0 saturated carbocycles. The number of azo groups is 1. The number of hydrogen-bond donors (Lipinski definition) is 3. The van der Waals surface area contributed by atoms with E-state index < -0.39 is 13.6 Å². The van der Waals surface area contributed by atoms with Gasteiger partial charge in [0.2, 0.25) is 0 Å². The molecule has 1 aromatic carbocycles. The van der Waals surface area contributed by atoms with Crippen molar-refractivity contribution in [2.45, 2.75) is 0 Å². The minimum atomic E-state index is -5.01. The molecule has 126 valence electrons. The third-order valence-corrected chi connectivity index (χ3v) is 2.94. The summed E-state index contributed by atoms with van der Waals surface area (Å²) in [6.45, 7) is 0. The molecule has 2 aromatic rings. The molecule has 0 bridgehead atoms. The molecular formula is C11H13Cl2CrN5O4. The molecule has 0 fully saturated rings. The zero-order valence-corrected chi connectivity index (χ0v) is 14.3. The minimum absolute atomic E-state index is 0. The molecule has 0 aliphatic carbocycles. The predicted octanol–water partition coefficient (Wildman–Crippen LogP) is 2.91. The van der Waals surface area contributed by atoms with E-state index in [1.807, 2.05) is 30.3 Å². The van der Waals surface area contributed by atoms with Gasteiger partial charge < -0.3 is 11.5 Å². The molecule has 5 N–H and O–H groups in total. The monoisotopic (exact) mass is 401 g/mol. The first-order chi connectivity index (χ1) is 10.3. The van der Waals surface area contributed by atoms with Gasteiger partial charge in [0, 0.05) is 0 Å². The molecule has 23 heavy (non-hydrogen) atoms. The third kappa shape index (κ3) is 9.05. The van der Waals surface area contributed by atoms with Gasteiger partial charge in [0.1, 0.15) is 11.5 Å². The van der Waals surface area contributed by atoms with Crippen LogP contribution in [0.5, 0.6) is 0 Å². The van der Waals surface area contributed by atoms with Crippen LogP contribution in [0.3, 0.4) is 0 Å². The molecule has 0 amide bonds. The number of rotatable bonds is 3. The number of nitrogens with zero attached hydrogens (tertiary/aromatic N) is 3. The van der Waals surface area contributed by atoms with Gasteiger partial charge in [-0.15, -0.1) is 17.5 Å². The van der Waals surface area contributed by atoms with E-state index in [2.05, 4.69) is 30.4 Å². The second-order valence-corrected chi connectivity index (χ2v) is 5.72. The topological polar surface area (TPSA) is 153 Å². The molecule has 0 aliphatic rings. The van der Waals surface area contributed by atoms with Crippen molar-refractivity contribution in [2.75, 3.05) is 11.5 Å². The summed E-state index contributed by atoms with van der Waals surface area (Å²) in [7, 11) is 0. The van der Waals surface area contributed by atoms with Crippen LogP contribution in [-0.2, 0) is 24.6 Å². The van der Waals surface area contributed by atoms with Crippen molar-refractivity contribution in [3.05, 3.63) is 42.5 Å². The number of anilines is 2. The molecule has 0 radical (unpaired) electrons. The Morgan fingerprint density at radius 3 is 2.13 bits per heavy atom. The first-order valence-electron chi connectivity index (χ1n) is 5.58. The van der Waals surface area contributed by atoms with Crippen LogP contribution in [-0.4, -0.2) is 9.14 Å². The van der Waals surface area contributed by atoms with Gasteiger partial charge in [-0.05, 0) is 24.3 Å². The molecule has 0 atom stereocenters. The van der Waals surface area contributed by atoms with Crippen LogP contribution in [0.4, 0.5) is 23.0 Å². The van der Waals surface area contributed by atoms with E-state index in [0.717, 1.165) is 5.69 Å². The van der Waals surface area contributed by atoms with Gasteiger partial charge in [0.25, 0.3) is 0 Å². The number of halogens is 2. The SMILES string of the molecule is Cl.Nc1ccc(/N=N/c2ccccc2)c(N)n1.[O]=[Cr](=[O])([OH])[O]Cl. The number of nitrogen functional groups attached to an aromatic ring is 2. The van der Waals surface area contributed by atoms with Crippen LogP contribution in [0.15, 0.2) is 52.7 Å². The molecule has 1 heterocycles. The zero-order valence-electron chi connectivity index (χ0n) is 11.4. The van der Waals surface area contributed by atoms with Crippen LogP contribution in [0, 0.1) is 0 Å². The second-order valence-electron chi connectivity index (χ2n) is 3.67. The summed E-state index contributed by atoms with van der Waals surface area (Å²) in [4.78, 5) is 3.89. The van der Waals surface area contributed by atoms with Crippen molar-refractivity contribution in [3.63, 3.8) is 0 Å². The van der Waals surface area contributed by atoms with Crippen molar-refractivity contribution >= 4 is 47.3 Å². The van der Waals surface area contributed by atoms with Gasteiger partial charge in [-0.3, -0.25) is 0 Å². The normalized spacial score (nSPS) is 10.5. The van der Waals surface area contributed by atoms with E-state index in [0.29, 0.717) is 11.5 Å². The van der Waals surface area contributed by atoms with Gasteiger partial charge in [-0.2, -0.15) is 5.11 Å². The van der Waals surface area contributed by atoms with E-state index in [-0.39, 0.29) is 18.2 Å². The fraction of sp³-hybridized carbons (Fsp3) is 0. The Hall–Kier alpha value is -1.80. The molecule has 0 spiro atoms. The summed E-state index contributed by atoms with van der Waals surface area (Å²) in [5.41, 5.74) is 12.4. The molecule has 0 saturated heterocycles.